The molecule has 4 heteroatoms. The van der Waals surface area contributed by atoms with Crippen LogP contribution in [0.1, 0.15) is 32.6 Å². The van der Waals surface area contributed by atoms with Crippen molar-refractivity contribution in [2.75, 3.05) is 11.4 Å². The van der Waals surface area contributed by atoms with E-state index in [1.54, 1.807) is 17.7 Å². The Morgan fingerprint density at radius 1 is 1.17 bits per heavy atom. The van der Waals surface area contributed by atoms with Gasteiger partial charge in [-0.2, -0.15) is 0 Å². The van der Waals surface area contributed by atoms with Gasteiger partial charge in [-0.3, -0.25) is 0 Å². The van der Waals surface area contributed by atoms with Gasteiger partial charge in [0.15, 0.2) is 0 Å². The molecule has 3 aromatic rings. The lowest BCUT2D eigenvalue weighted by Gasteiger charge is -2.36. The fourth-order valence-corrected chi connectivity index (χ4v) is 4.52. The van der Waals surface area contributed by atoms with Gasteiger partial charge in [-0.25, -0.2) is 9.97 Å². The summed E-state index contributed by atoms with van der Waals surface area (Å²) in [5, 5.41) is 3.45. The molecule has 1 fully saturated rings. The predicted molar refractivity (Wildman–Crippen MR) is 98.1 cm³/mol. The zero-order valence-corrected chi connectivity index (χ0v) is 14.2. The standard InChI is InChI=1S/C19H21N3S/c1-2-15-10-6-7-11-22(15)18-17-16(14-8-4-3-5-9-14)12-23-19(17)21-13-20-18/h3-5,8-9,12-13,15H,2,6-7,10-11H2,1H3. The maximum Gasteiger partial charge on any atom is 0.141 e. The molecule has 2 aromatic heterocycles. The first-order valence-corrected chi connectivity index (χ1v) is 9.30. The van der Waals surface area contributed by atoms with Gasteiger partial charge in [-0.15, -0.1) is 11.3 Å². The average Bonchev–Trinajstić information content (AvgIpc) is 3.06. The number of benzene rings is 1. The van der Waals surface area contributed by atoms with Crippen molar-refractivity contribution >= 4 is 27.4 Å². The Hall–Kier alpha value is -1.94. The quantitative estimate of drug-likeness (QED) is 0.669. The van der Waals surface area contributed by atoms with E-state index < -0.39 is 0 Å². The summed E-state index contributed by atoms with van der Waals surface area (Å²) < 4.78 is 0. The van der Waals surface area contributed by atoms with Crippen LogP contribution in [0.15, 0.2) is 42.0 Å². The summed E-state index contributed by atoms with van der Waals surface area (Å²) >= 11 is 1.72. The highest BCUT2D eigenvalue weighted by molar-refractivity contribution is 7.17. The molecule has 118 valence electrons. The van der Waals surface area contributed by atoms with Crippen LogP contribution in [-0.2, 0) is 0 Å². The van der Waals surface area contributed by atoms with E-state index in [-0.39, 0.29) is 0 Å². The fraction of sp³-hybridized carbons (Fsp3) is 0.368. The number of piperidine rings is 1. The van der Waals surface area contributed by atoms with Crippen molar-refractivity contribution in [3.63, 3.8) is 0 Å². The molecule has 0 saturated carbocycles. The predicted octanol–water partition coefficient (Wildman–Crippen LogP) is 5.13. The van der Waals surface area contributed by atoms with E-state index in [9.17, 15) is 0 Å². The summed E-state index contributed by atoms with van der Waals surface area (Å²) in [6.45, 7) is 3.39. The number of fused-ring (bicyclic) bond motifs is 1. The second-order valence-corrected chi connectivity index (χ2v) is 7.00. The molecule has 0 aliphatic carbocycles. The molecule has 0 N–H and O–H groups in total. The normalized spacial score (nSPS) is 18.5. The van der Waals surface area contributed by atoms with E-state index in [2.05, 4.69) is 52.5 Å². The first-order valence-electron chi connectivity index (χ1n) is 8.42. The Bertz CT molecular complexity index is 797. The maximum atomic E-state index is 4.71. The minimum atomic E-state index is 0.602. The van der Waals surface area contributed by atoms with Crippen molar-refractivity contribution in [3.8, 4) is 11.1 Å². The highest BCUT2D eigenvalue weighted by atomic mass is 32.1. The molecule has 1 aromatic carbocycles. The summed E-state index contributed by atoms with van der Waals surface area (Å²) in [7, 11) is 0. The number of hydrogen-bond acceptors (Lipinski definition) is 4. The smallest absolute Gasteiger partial charge is 0.141 e. The second-order valence-electron chi connectivity index (χ2n) is 6.14. The van der Waals surface area contributed by atoms with Gasteiger partial charge in [0.25, 0.3) is 0 Å². The van der Waals surface area contributed by atoms with Gasteiger partial charge in [0.1, 0.15) is 17.0 Å². The zero-order valence-electron chi connectivity index (χ0n) is 13.4. The first-order chi connectivity index (χ1) is 11.4. The molecule has 1 saturated heterocycles. The summed E-state index contributed by atoms with van der Waals surface area (Å²) in [4.78, 5) is 12.8. The zero-order chi connectivity index (χ0) is 15.6. The van der Waals surface area contributed by atoms with Gasteiger partial charge in [-0.05, 0) is 31.2 Å². The largest absolute Gasteiger partial charge is 0.353 e. The summed E-state index contributed by atoms with van der Waals surface area (Å²) in [6, 6.07) is 11.2. The molecule has 3 nitrogen and oxygen atoms in total. The second kappa shape index (κ2) is 6.28. The molecule has 1 aliphatic rings. The molecule has 0 spiro atoms. The van der Waals surface area contributed by atoms with Crippen LogP contribution in [0.25, 0.3) is 21.3 Å². The molecular formula is C19H21N3S. The van der Waals surface area contributed by atoms with E-state index in [0.29, 0.717) is 6.04 Å². The maximum absolute atomic E-state index is 4.71. The van der Waals surface area contributed by atoms with Crippen LogP contribution in [0.3, 0.4) is 0 Å². The van der Waals surface area contributed by atoms with Crippen LogP contribution < -0.4 is 4.90 Å². The highest BCUT2D eigenvalue weighted by Gasteiger charge is 2.25. The van der Waals surface area contributed by atoms with Gasteiger partial charge in [0.05, 0.1) is 5.39 Å². The van der Waals surface area contributed by atoms with Gasteiger partial charge in [-0.1, -0.05) is 37.3 Å². The van der Waals surface area contributed by atoms with Crippen molar-refractivity contribution in [2.24, 2.45) is 0 Å². The Kier molecular flexibility index (Phi) is 4.00. The molecule has 0 radical (unpaired) electrons. The van der Waals surface area contributed by atoms with E-state index in [1.807, 2.05) is 0 Å². The third kappa shape index (κ3) is 2.61. The van der Waals surface area contributed by atoms with E-state index in [0.717, 1.165) is 17.2 Å². The van der Waals surface area contributed by atoms with E-state index >= 15 is 0 Å². The van der Waals surface area contributed by atoms with E-state index in [1.165, 1.54) is 42.2 Å². The minimum Gasteiger partial charge on any atom is -0.353 e. The van der Waals surface area contributed by atoms with E-state index in [4.69, 9.17) is 4.98 Å². The van der Waals surface area contributed by atoms with Gasteiger partial charge < -0.3 is 4.90 Å². The molecule has 0 amide bonds. The fourth-order valence-electron chi connectivity index (χ4n) is 3.61. The van der Waals surface area contributed by atoms with Gasteiger partial charge in [0, 0.05) is 23.5 Å². The number of hydrogen-bond donors (Lipinski definition) is 0. The highest BCUT2D eigenvalue weighted by Crippen LogP contribution is 2.39. The first kappa shape index (κ1) is 14.6. The molecule has 3 heterocycles. The van der Waals surface area contributed by atoms with Crippen molar-refractivity contribution in [1.82, 2.24) is 9.97 Å². The molecule has 4 rings (SSSR count). The van der Waals surface area contributed by atoms with Crippen LogP contribution in [-0.4, -0.2) is 22.6 Å². The van der Waals surface area contributed by atoms with Gasteiger partial charge in [0.2, 0.25) is 0 Å². The molecule has 1 unspecified atom stereocenters. The van der Waals surface area contributed by atoms with Crippen LogP contribution in [0, 0.1) is 0 Å². The molecule has 1 atom stereocenters. The Morgan fingerprint density at radius 2 is 2.04 bits per heavy atom. The molecular weight excluding hydrogens is 302 g/mol. The number of rotatable bonds is 3. The summed E-state index contributed by atoms with van der Waals surface area (Å²) in [6.07, 6.45) is 6.76. The molecule has 0 bridgehead atoms. The molecule has 1 aliphatic heterocycles. The summed E-state index contributed by atoms with van der Waals surface area (Å²) in [5.41, 5.74) is 2.52. The lowest BCUT2D eigenvalue weighted by atomic mass is 9.99. The van der Waals surface area contributed by atoms with Gasteiger partial charge >= 0.3 is 0 Å². The van der Waals surface area contributed by atoms with Crippen LogP contribution in [0.5, 0.6) is 0 Å². The van der Waals surface area contributed by atoms with Crippen molar-refractivity contribution in [2.45, 2.75) is 38.6 Å². The van der Waals surface area contributed by atoms with Crippen molar-refractivity contribution in [3.05, 3.63) is 42.0 Å². The third-order valence-electron chi connectivity index (χ3n) is 4.81. The lowest BCUT2D eigenvalue weighted by Crippen LogP contribution is -2.39. The summed E-state index contributed by atoms with van der Waals surface area (Å²) in [5.74, 6) is 1.13. The Balaban J connectivity index is 1.88. The number of thiophene rings is 1. The minimum absolute atomic E-state index is 0.602. The Labute approximate surface area is 141 Å². The van der Waals surface area contributed by atoms with Crippen LogP contribution in [0.4, 0.5) is 5.82 Å². The number of nitrogens with zero attached hydrogens (tertiary/aromatic N) is 3. The third-order valence-corrected chi connectivity index (χ3v) is 5.69. The number of aromatic nitrogens is 2. The Morgan fingerprint density at radius 3 is 2.87 bits per heavy atom. The average molecular weight is 323 g/mol. The SMILES string of the molecule is CCC1CCCCN1c1ncnc2scc(-c3ccccc3)c12. The lowest BCUT2D eigenvalue weighted by molar-refractivity contribution is 0.448. The van der Waals surface area contributed by atoms with Crippen LogP contribution in [0.2, 0.25) is 0 Å². The molecule has 23 heavy (non-hydrogen) atoms. The van der Waals surface area contributed by atoms with Crippen LogP contribution >= 0.6 is 11.3 Å². The topological polar surface area (TPSA) is 29.0 Å². The number of anilines is 1. The van der Waals surface area contributed by atoms with Crippen molar-refractivity contribution in [1.29, 1.82) is 0 Å². The van der Waals surface area contributed by atoms with Crippen molar-refractivity contribution < 1.29 is 0 Å². The monoisotopic (exact) mass is 323 g/mol.